The van der Waals surface area contributed by atoms with E-state index in [1.165, 1.54) is 11.3 Å². The molecule has 1 aliphatic heterocycles. The second-order valence-electron chi connectivity index (χ2n) is 7.36. The molecule has 0 bridgehead atoms. The van der Waals surface area contributed by atoms with Crippen molar-refractivity contribution in [1.82, 2.24) is 4.57 Å². The Morgan fingerprint density at radius 3 is 2.62 bits per heavy atom. The number of thiazole rings is 1. The number of hydrogen-bond donors (Lipinski definition) is 0. The fourth-order valence-corrected chi connectivity index (χ4v) is 5.17. The van der Waals surface area contributed by atoms with Crippen LogP contribution >= 0.6 is 38.9 Å². The van der Waals surface area contributed by atoms with Crippen LogP contribution in [0, 0.1) is 6.92 Å². The number of carbonyl (C=O) groups is 1. The number of fused-ring (bicyclic) bond motifs is 1. The fourth-order valence-electron chi connectivity index (χ4n) is 3.60. The van der Waals surface area contributed by atoms with Crippen molar-refractivity contribution in [2.24, 2.45) is 4.99 Å². The topological polar surface area (TPSA) is 60.7 Å². The standard InChI is InChI=1S/C24H20BrClN2O3S/c1-4-31-23(30)20-14(3)27-24-28(21(20)16-7-9-17(26)10-8-16)22(29)19(32-24)12-15-6-5-13(2)18(25)11-15/h5-12,21H,4H2,1-3H3/b19-12-/t21-/m1/s1. The first-order valence-electron chi connectivity index (χ1n) is 10.0. The summed E-state index contributed by atoms with van der Waals surface area (Å²) >= 11 is 10.9. The second-order valence-corrected chi connectivity index (χ2v) is 9.66. The van der Waals surface area contributed by atoms with Gasteiger partial charge in [-0.1, -0.05) is 63.1 Å². The lowest BCUT2D eigenvalue weighted by atomic mass is 9.96. The highest BCUT2D eigenvalue weighted by atomic mass is 79.9. The van der Waals surface area contributed by atoms with Gasteiger partial charge in [-0.05, 0) is 61.7 Å². The first kappa shape index (κ1) is 22.7. The van der Waals surface area contributed by atoms with E-state index in [-0.39, 0.29) is 12.2 Å². The zero-order chi connectivity index (χ0) is 23.0. The normalized spacial score (nSPS) is 16.0. The Hall–Kier alpha value is -2.48. The van der Waals surface area contributed by atoms with E-state index in [4.69, 9.17) is 16.3 Å². The Kier molecular flexibility index (Phi) is 6.51. The van der Waals surface area contributed by atoms with Gasteiger partial charge in [0.15, 0.2) is 4.80 Å². The van der Waals surface area contributed by atoms with Crippen molar-refractivity contribution in [2.75, 3.05) is 6.61 Å². The van der Waals surface area contributed by atoms with Gasteiger partial charge in [-0.3, -0.25) is 9.36 Å². The Labute approximate surface area is 202 Å². The van der Waals surface area contributed by atoms with Gasteiger partial charge in [0.1, 0.15) is 0 Å². The highest BCUT2D eigenvalue weighted by Gasteiger charge is 2.33. The van der Waals surface area contributed by atoms with Crippen LogP contribution in [0.3, 0.4) is 0 Å². The number of aromatic nitrogens is 1. The number of esters is 1. The number of benzene rings is 2. The van der Waals surface area contributed by atoms with Crippen molar-refractivity contribution in [3.8, 4) is 0 Å². The van der Waals surface area contributed by atoms with Gasteiger partial charge in [-0.25, -0.2) is 9.79 Å². The summed E-state index contributed by atoms with van der Waals surface area (Å²) in [5.41, 5.74) is 3.45. The van der Waals surface area contributed by atoms with Crippen LogP contribution in [0.15, 0.2) is 68.0 Å². The maximum atomic E-state index is 13.5. The molecule has 164 valence electrons. The Morgan fingerprint density at radius 2 is 1.97 bits per heavy atom. The van der Waals surface area contributed by atoms with Gasteiger partial charge in [-0.15, -0.1) is 0 Å². The molecule has 0 unspecified atom stereocenters. The monoisotopic (exact) mass is 530 g/mol. The number of ether oxygens (including phenoxy) is 1. The van der Waals surface area contributed by atoms with Gasteiger partial charge in [0.25, 0.3) is 5.56 Å². The van der Waals surface area contributed by atoms with E-state index < -0.39 is 12.0 Å². The van der Waals surface area contributed by atoms with E-state index in [9.17, 15) is 9.59 Å². The van der Waals surface area contributed by atoms with Crippen LogP contribution in [0.2, 0.25) is 5.02 Å². The van der Waals surface area contributed by atoms with Gasteiger partial charge in [0.05, 0.1) is 28.5 Å². The van der Waals surface area contributed by atoms with E-state index in [1.807, 2.05) is 43.3 Å². The Balaban J connectivity index is 1.95. The highest BCUT2D eigenvalue weighted by molar-refractivity contribution is 9.10. The molecule has 5 nitrogen and oxygen atoms in total. The molecule has 0 saturated heterocycles. The number of allylic oxidation sites excluding steroid dienone is 1. The van der Waals surface area contributed by atoms with E-state index in [0.29, 0.717) is 25.6 Å². The second kappa shape index (κ2) is 9.17. The number of aryl methyl sites for hydroxylation is 1. The molecule has 0 amide bonds. The lowest BCUT2D eigenvalue weighted by Gasteiger charge is -2.24. The molecule has 2 heterocycles. The van der Waals surface area contributed by atoms with Crippen LogP contribution in [0.5, 0.6) is 0 Å². The Bertz CT molecular complexity index is 1420. The molecule has 2 aromatic carbocycles. The lowest BCUT2D eigenvalue weighted by Crippen LogP contribution is -2.39. The number of carbonyl (C=O) groups excluding carboxylic acids is 1. The minimum Gasteiger partial charge on any atom is -0.463 e. The first-order valence-corrected chi connectivity index (χ1v) is 12.0. The fraction of sp³-hybridized carbons (Fsp3) is 0.208. The SMILES string of the molecule is CCOC(=O)C1=C(C)N=c2s/c(=C\c3ccc(C)c(Br)c3)c(=O)n2[C@@H]1c1ccc(Cl)cc1. The molecule has 32 heavy (non-hydrogen) atoms. The summed E-state index contributed by atoms with van der Waals surface area (Å²) in [5, 5.41) is 0.574. The van der Waals surface area contributed by atoms with Crippen molar-refractivity contribution in [3.63, 3.8) is 0 Å². The van der Waals surface area contributed by atoms with Crippen LogP contribution in [-0.2, 0) is 9.53 Å². The first-order chi connectivity index (χ1) is 15.3. The summed E-state index contributed by atoms with van der Waals surface area (Å²) in [5.74, 6) is -0.481. The Morgan fingerprint density at radius 1 is 1.25 bits per heavy atom. The predicted octanol–water partition coefficient (Wildman–Crippen LogP) is 4.52. The molecule has 1 aliphatic rings. The van der Waals surface area contributed by atoms with Crippen LogP contribution < -0.4 is 14.9 Å². The highest BCUT2D eigenvalue weighted by Crippen LogP contribution is 2.31. The van der Waals surface area contributed by atoms with Crippen LogP contribution in [0.4, 0.5) is 0 Å². The molecule has 0 fully saturated rings. The molecule has 0 aliphatic carbocycles. The van der Waals surface area contributed by atoms with Gasteiger partial charge < -0.3 is 4.74 Å². The molecule has 3 aromatic rings. The van der Waals surface area contributed by atoms with E-state index >= 15 is 0 Å². The largest absolute Gasteiger partial charge is 0.463 e. The van der Waals surface area contributed by atoms with Gasteiger partial charge in [-0.2, -0.15) is 0 Å². The molecule has 1 aromatic heterocycles. The van der Waals surface area contributed by atoms with Crippen LogP contribution in [0.1, 0.15) is 36.6 Å². The third-order valence-corrected chi connectivity index (χ3v) is 7.29. The van der Waals surface area contributed by atoms with E-state index in [0.717, 1.165) is 21.2 Å². The lowest BCUT2D eigenvalue weighted by molar-refractivity contribution is -0.139. The summed E-state index contributed by atoms with van der Waals surface area (Å²) < 4.78 is 8.38. The molecule has 0 radical (unpaired) electrons. The molecular weight excluding hydrogens is 512 g/mol. The molecular formula is C24H20BrClN2O3S. The summed E-state index contributed by atoms with van der Waals surface area (Å²) in [6, 6.07) is 12.4. The number of hydrogen-bond acceptors (Lipinski definition) is 5. The summed E-state index contributed by atoms with van der Waals surface area (Å²) in [6.07, 6.45) is 1.84. The molecule has 0 N–H and O–H groups in total. The number of nitrogens with zero attached hydrogens (tertiary/aromatic N) is 2. The smallest absolute Gasteiger partial charge is 0.338 e. The quantitative estimate of drug-likeness (QED) is 0.465. The zero-order valence-electron chi connectivity index (χ0n) is 17.7. The van der Waals surface area contributed by atoms with E-state index in [1.54, 1.807) is 30.5 Å². The minimum atomic E-state index is -0.644. The summed E-state index contributed by atoms with van der Waals surface area (Å²) in [6.45, 7) is 5.76. The van der Waals surface area contributed by atoms with Gasteiger partial charge >= 0.3 is 5.97 Å². The number of rotatable bonds is 4. The average Bonchev–Trinajstić information content (AvgIpc) is 3.05. The van der Waals surface area contributed by atoms with E-state index in [2.05, 4.69) is 20.9 Å². The third-order valence-electron chi connectivity index (χ3n) is 5.20. The van der Waals surface area contributed by atoms with Gasteiger partial charge in [0.2, 0.25) is 0 Å². The number of halogens is 2. The minimum absolute atomic E-state index is 0.209. The van der Waals surface area contributed by atoms with Crippen molar-refractivity contribution >= 4 is 50.9 Å². The molecule has 0 spiro atoms. The summed E-state index contributed by atoms with van der Waals surface area (Å²) in [4.78, 5) is 31.5. The van der Waals surface area contributed by atoms with Crippen LogP contribution in [0.25, 0.3) is 6.08 Å². The summed E-state index contributed by atoms with van der Waals surface area (Å²) in [7, 11) is 0. The van der Waals surface area contributed by atoms with Crippen molar-refractivity contribution in [2.45, 2.75) is 26.8 Å². The molecule has 8 heteroatoms. The zero-order valence-corrected chi connectivity index (χ0v) is 20.8. The predicted molar refractivity (Wildman–Crippen MR) is 131 cm³/mol. The van der Waals surface area contributed by atoms with Crippen molar-refractivity contribution in [3.05, 3.63) is 99.6 Å². The third kappa shape index (κ3) is 4.25. The van der Waals surface area contributed by atoms with Crippen molar-refractivity contribution in [1.29, 1.82) is 0 Å². The van der Waals surface area contributed by atoms with Crippen molar-refractivity contribution < 1.29 is 9.53 Å². The average molecular weight is 532 g/mol. The maximum Gasteiger partial charge on any atom is 0.338 e. The molecule has 0 saturated carbocycles. The molecule has 4 rings (SSSR count). The van der Waals surface area contributed by atoms with Gasteiger partial charge in [0, 0.05) is 9.50 Å². The van der Waals surface area contributed by atoms with Crippen LogP contribution in [-0.4, -0.2) is 17.1 Å². The maximum absolute atomic E-state index is 13.5. The molecule has 1 atom stereocenters.